The summed E-state index contributed by atoms with van der Waals surface area (Å²) in [7, 11) is 0. The number of benzene rings is 1. The van der Waals surface area contributed by atoms with Crippen molar-refractivity contribution >= 4 is 5.82 Å². The summed E-state index contributed by atoms with van der Waals surface area (Å²) in [4.78, 5) is 11.6. The number of epoxide rings is 1. The highest BCUT2D eigenvalue weighted by Crippen LogP contribution is 2.29. The Kier molecular flexibility index (Phi) is 4.10. The Morgan fingerprint density at radius 3 is 2.63 bits per heavy atom. The van der Waals surface area contributed by atoms with Gasteiger partial charge in [0, 0.05) is 30.9 Å². The second-order valence-electron chi connectivity index (χ2n) is 6.88. The predicted octanol–water partition coefficient (Wildman–Crippen LogP) is 2.55. The van der Waals surface area contributed by atoms with E-state index in [0.717, 1.165) is 41.8 Å². The lowest BCUT2D eigenvalue weighted by Crippen LogP contribution is -2.37. The maximum atomic E-state index is 5.46. The Bertz CT molecular complexity index is 961. The van der Waals surface area contributed by atoms with E-state index in [0.29, 0.717) is 19.8 Å². The van der Waals surface area contributed by atoms with E-state index in [1.807, 2.05) is 29.1 Å². The zero-order valence-electron chi connectivity index (χ0n) is 15.2. The first-order valence-electron chi connectivity index (χ1n) is 9.23. The molecule has 138 valence electrons. The fourth-order valence-corrected chi connectivity index (χ4v) is 3.26. The standard InChI is InChI=1S/C20H21N5O2/c1-14-3-2-4-15(11-14)16-5-6-25(23-16)19-12-18(24-7-9-26-10-8-24)21-20(22-19)17-13-27-17/h2-6,11-12,17H,7-10,13H2,1H3. The van der Waals surface area contributed by atoms with Crippen LogP contribution in [0.5, 0.6) is 0 Å². The molecule has 2 saturated heterocycles. The highest BCUT2D eigenvalue weighted by atomic mass is 16.6. The summed E-state index contributed by atoms with van der Waals surface area (Å²) in [6.07, 6.45) is 1.94. The van der Waals surface area contributed by atoms with Crippen LogP contribution in [0.3, 0.4) is 0 Å². The SMILES string of the molecule is Cc1cccc(-c2ccn(-c3cc(N4CCOCC4)nc(C4CO4)n3)n2)c1. The smallest absolute Gasteiger partial charge is 0.164 e. The lowest BCUT2D eigenvalue weighted by molar-refractivity contribution is 0.122. The van der Waals surface area contributed by atoms with E-state index in [9.17, 15) is 0 Å². The minimum absolute atomic E-state index is 0.00320. The molecule has 2 fully saturated rings. The van der Waals surface area contributed by atoms with Gasteiger partial charge in [0.05, 0.1) is 25.5 Å². The Balaban J connectivity index is 1.51. The second-order valence-corrected chi connectivity index (χ2v) is 6.88. The molecule has 1 aromatic carbocycles. The summed E-state index contributed by atoms with van der Waals surface area (Å²) in [6, 6.07) is 12.3. The average molecular weight is 363 g/mol. The van der Waals surface area contributed by atoms with Crippen molar-refractivity contribution in [3.8, 4) is 17.1 Å². The van der Waals surface area contributed by atoms with Crippen molar-refractivity contribution in [1.29, 1.82) is 0 Å². The first-order chi connectivity index (χ1) is 13.3. The van der Waals surface area contributed by atoms with Crippen molar-refractivity contribution in [1.82, 2.24) is 19.7 Å². The van der Waals surface area contributed by atoms with Crippen LogP contribution < -0.4 is 4.90 Å². The lowest BCUT2D eigenvalue weighted by atomic mass is 10.1. The molecule has 0 amide bonds. The van der Waals surface area contributed by atoms with Crippen molar-refractivity contribution in [3.63, 3.8) is 0 Å². The van der Waals surface area contributed by atoms with Crippen LogP contribution in [0.4, 0.5) is 5.82 Å². The summed E-state index contributed by atoms with van der Waals surface area (Å²) in [5, 5.41) is 4.74. The van der Waals surface area contributed by atoms with Crippen LogP contribution in [0, 0.1) is 6.92 Å². The Hall–Kier alpha value is -2.77. The van der Waals surface area contributed by atoms with E-state index in [1.54, 1.807) is 0 Å². The normalized spacial score (nSPS) is 19.3. The molecular weight excluding hydrogens is 342 g/mol. The molecule has 4 heterocycles. The van der Waals surface area contributed by atoms with Gasteiger partial charge >= 0.3 is 0 Å². The van der Waals surface area contributed by atoms with Crippen LogP contribution in [0.1, 0.15) is 17.5 Å². The third-order valence-corrected chi connectivity index (χ3v) is 4.81. The predicted molar refractivity (Wildman–Crippen MR) is 101 cm³/mol. The Labute approximate surface area is 157 Å². The van der Waals surface area contributed by atoms with E-state index >= 15 is 0 Å². The van der Waals surface area contributed by atoms with Gasteiger partial charge in [-0.2, -0.15) is 5.10 Å². The maximum absolute atomic E-state index is 5.46. The molecule has 0 bridgehead atoms. The van der Waals surface area contributed by atoms with Gasteiger partial charge in [0.15, 0.2) is 11.6 Å². The third kappa shape index (κ3) is 3.43. The molecule has 3 aromatic rings. The van der Waals surface area contributed by atoms with Gasteiger partial charge < -0.3 is 14.4 Å². The number of morpholine rings is 1. The number of nitrogens with zero attached hydrogens (tertiary/aromatic N) is 5. The highest BCUT2D eigenvalue weighted by Gasteiger charge is 2.30. The van der Waals surface area contributed by atoms with Crippen molar-refractivity contribution in [2.24, 2.45) is 0 Å². The third-order valence-electron chi connectivity index (χ3n) is 4.81. The number of anilines is 1. The van der Waals surface area contributed by atoms with Crippen molar-refractivity contribution in [2.45, 2.75) is 13.0 Å². The quantitative estimate of drug-likeness (QED) is 0.664. The maximum Gasteiger partial charge on any atom is 0.164 e. The Morgan fingerprint density at radius 1 is 1.04 bits per heavy atom. The number of hydrogen-bond donors (Lipinski definition) is 0. The van der Waals surface area contributed by atoms with Crippen molar-refractivity contribution in [3.05, 3.63) is 54.0 Å². The van der Waals surface area contributed by atoms with Gasteiger partial charge in [-0.3, -0.25) is 0 Å². The largest absolute Gasteiger partial charge is 0.378 e. The minimum atomic E-state index is -0.00320. The second kappa shape index (κ2) is 6.75. The van der Waals surface area contributed by atoms with Gasteiger partial charge in [-0.15, -0.1) is 0 Å². The van der Waals surface area contributed by atoms with E-state index in [2.05, 4.69) is 30.0 Å². The Morgan fingerprint density at radius 2 is 1.85 bits per heavy atom. The molecule has 5 rings (SSSR count). The van der Waals surface area contributed by atoms with Gasteiger partial charge in [0.1, 0.15) is 11.9 Å². The molecule has 1 atom stereocenters. The highest BCUT2D eigenvalue weighted by molar-refractivity contribution is 5.60. The zero-order valence-corrected chi connectivity index (χ0v) is 15.2. The fourth-order valence-electron chi connectivity index (χ4n) is 3.26. The van der Waals surface area contributed by atoms with E-state index in [1.165, 1.54) is 5.56 Å². The van der Waals surface area contributed by atoms with Crippen LogP contribution in [-0.4, -0.2) is 52.7 Å². The van der Waals surface area contributed by atoms with Crippen LogP contribution >= 0.6 is 0 Å². The van der Waals surface area contributed by atoms with Crippen LogP contribution in [0.15, 0.2) is 42.6 Å². The number of rotatable bonds is 4. The number of aromatic nitrogens is 4. The molecule has 27 heavy (non-hydrogen) atoms. The van der Waals surface area contributed by atoms with E-state index in [4.69, 9.17) is 24.5 Å². The number of aryl methyl sites for hydroxylation is 1. The number of hydrogen-bond acceptors (Lipinski definition) is 6. The minimum Gasteiger partial charge on any atom is -0.378 e. The monoisotopic (exact) mass is 363 g/mol. The van der Waals surface area contributed by atoms with E-state index in [-0.39, 0.29) is 6.10 Å². The number of ether oxygens (including phenoxy) is 2. The summed E-state index contributed by atoms with van der Waals surface area (Å²) in [5.41, 5.74) is 3.24. The van der Waals surface area contributed by atoms with Gasteiger partial charge in [0.25, 0.3) is 0 Å². The summed E-state index contributed by atoms with van der Waals surface area (Å²) >= 11 is 0. The first kappa shape index (κ1) is 16.4. The van der Waals surface area contributed by atoms with Gasteiger partial charge in [0.2, 0.25) is 0 Å². The molecule has 0 radical (unpaired) electrons. The van der Waals surface area contributed by atoms with Crippen molar-refractivity contribution < 1.29 is 9.47 Å². The van der Waals surface area contributed by atoms with Crippen molar-refractivity contribution in [2.75, 3.05) is 37.8 Å². The first-order valence-corrected chi connectivity index (χ1v) is 9.23. The molecule has 7 nitrogen and oxygen atoms in total. The molecule has 2 aromatic heterocycles. The molecule has 2 aliphatic heterocycles. The lowest BCUT2D eigenvalue weighted by Gasteiger charge is -2.28. The topological polar surface area (TPSA) is 68.6 Å². The molecule has 0 aliphatic carbocycles. The van der Waals surface area contributed by atoms with Crippen LogP contribution in [-0.2, 0) is 9.47 Å². The van der Waals surface area contributed by atoms with E-state index < -0.39 is 0 Å². The molecule has 1 unspecified atom stereocenters. The van der Waals surface area contributed by atoms with Gasteiger partial charge in [-0.1, -0.05) is 23.8 Å². The average Bonchev–Trinajstić information content (AvgIpc) is 3.45. The van der Waals surface area contributed by atoms with Gasteiger partial charge in [-0.05, 0) is 19.1 Å². The fraction of sp³-hybridized carbons (Fsp3) is 0.350. The zero-order chi connectivity index (χ0) is 18.2. The molecular formula is C20H21N5O2. The molecule has 0 spiro atoms. The molecule has 0 saturated carbocycles. The van der Waals surface area contributed by atoms with Crippen LogP contribution in [0.25, 0.3) is 17.1 Å². The van der Waals surface area contributed by atoms with Crippen LogP contribution in [0.2, 0.25) is 0 Å². The summed E-state index contributed by atoms with van der Waals surface area (Å²) < 4.78 is 12.7. The molecule has 7 heteroatoms. The summed E-state index contributed by atoms with van der Waals surface area (Å²) in [5.74, 6) is 2.39. The van der Waals surface area contributed by atoms with Gasteiger partial charge in [-0.25, -0.2) is 14.6 Å². The summed E-state index contributed by atoms with van der Waals surface area (Å²) in [6.45, 7) is 5.85. The molecule has 0 N–H and O–H groups in total. The molecule has 2 aliphatic rings.